The van der Waals surface area contributed by atoms with Gasteiger partial charge in [0.25, 0.3) is 0 Å². The van der Waals surface area contributed by atoms with Crippen molar-refractivity contribution in [3.8, 4) is 0 Å². The molecule has 0 atom stereocenters. The maximum atomic E-state index is 10.8. The molecule has 6 heteroatoms. The first kappa shape index (κ1) is 20.6. The third kappa shape index (κ3) is 7.92. The van der Waals surface area contributed by atoms with Crippen LogP contribution in [0.2, 0.25) is 0 Å². The second-order valence-electron chi connectivity index (χ2n) is 4.94. The fraction of sp³-hybridized carbons (Fsp3) is 0.150. The van der Waals surface area contributed by atoms with Gasteiger partial charge in [-0.25, -0.2) is 9.59 Å². The molecule has 3 aromatic rings. The highest BCUT2D eigenvalue weighted by Crippen LogP contribution is 1.99. The average molecular weight is 354 g/mol. The average Bonchev–Trinajstić information content (AvgIpc) is 3.20. The zero-order valence-electron chi connectivity index (χ0n) is 15.0. The Morgan fingerprint density at radius 2 is 1.35 bits per heavy atom. The fourth-order valence-electron chi connectivity index (χ4n) is 1.71. The van der Waals surface area contributed by atoms with E-state index in [1.807, 2.05) is 42.2 Å². The molecular formula is C20H22N2O4. The molecule has 0 saturated heterocycles. The van der Waals surface area contributed by atoms with Gasteiger partial charge in [-0.2, -0.15) is 0 Å². The van der Waals surface area contributed by atoms with Gasteiger partial charge in [0.15, 0.2) is 0 Å². The lowest BCUT2D eigenvalue weighted by molar-refractivity contribution is 0.0591. The number of benzene rings is 1. The molecule has 0 fully saturated rings. The summed E-state index contributed by atoms with van der Waals surface area (Å²) in [6.45, 7) is 0. The molecule has 26 heavy (non-hydrogen) atoms. The predicted molar refractivity (Wildman–Crippen MR) is 98.8 cm³/mol. The van der Waals surface area contributed by atoms with Gasteiger partial charge in [-0.3, -0.25) is 4.98 Å². The van der Waals surface area contributed by atoms with E-state index >= 15 is 0 Å². The van der Waals surface area contributed by atoms with E-state index in [0.717, 1.165) is 0 Å². The molecule has 6 nitrogen and oxygen atoms in total. The molecule has 0 N–H and O–H groups in total. The van der Waals surface area contributed by atoms with E-state index in [-0.39, 0.29) is 11.9 Å². The molecule has 0 spiro atoms. The SMILES string of the molecule is COC(=O)c1ccccc1.COC(=O)c1cccnc1.Cn1cccc1. The summed E-state index contributed by atoms with van der Waals surface area (Å²) in [7, 11) is 4.71. The van der Waals surface area contributed by atoms with Crippen LogP contribution in [0.3, 0.4) is 0 Å². The van der Waals surface area contributed by atoms with Gasteiger partial charge >= 0.3 is 11.9 Å². The number of nitrogens with zero attached hydrogens (tertiary/aromatic N) is 2. The molecule has 3 rings (SSSR count). The summed E-state index contributed by atoms with van der Waals surface area (Å²) in [6, 6.07) is 16.2. The number of hydrogen-bond acceptors (Lipinski definition) is 5. The first-order valence-electron chi connectivity index (χ1n) is 7.77. The molecule has 0 radical (unpaired) electrons. The van der Waals surface area contributed by atoms with Gasteiger partial charge in [-0.05, 0) is 36.4 Å². The molecule has 0 amide bonds. The quantitative estimate of drug-likeness (QED) is 0.660. The Morgan fingerprint density at radius 1 is 0.808 bits per heavy atom. The summed E-state index contributed by atoms with van der Waals surface area (Å²) in [4.78, 5) is 25.3. The lowest BCUT2D eigenvalue weighted by Gasteiger charge is -1.95. The van der Waals surface area contributed by atoms with E-state index in [1.165, 1.54) is 20.4 Å². The number of rotatable bonds is 2. The van der Waals surface area contributed by atoms with Crippen LogP contribution >= 0.6 is 0 Å². The Balaban J connectivity index is 0.000000201. The summed E-state index contributed by atoms with van der Waals surface area (Å²) in [6.07, 6.45) is 7.07. The zero-order chi connectivity index (χ0) is 19.2. The second-order valence-corrected chi connectivity index (χ2v) is 4.94. The molecule has 0 saturated carbocycles. The van der Waals surface area contributed by atoms with E-state index in [9.17, 15) is 9.59 Å². The van der Waals surface area contributed by atoms with Gasteiger partial charge in [0.05, 0.1) is 25.3 Å². The third-order valence-electron chi connectivity index (χ3n) is 3.03. The maximum absolute atomic E-state index is 10.8. The Hall–Kier alpha value is -3.41. The minimum atomic E-state index is -0.354. The molecule has 1 aromatic carbocycles. The highest BCUT2D eigenvalue weighted by Gasteiger charge is 2.01. The highest BCUT2D eigenvalue weighted by atomic mass is 16.5. The third-order valence-corrected chi connectivity index (χ3v) is 3.03. The molecule has 2 heterocycles. The van der Waals surface area contributed by atoms with Crippen molar-refractivity contribution in [2.75, 3.05) is 14.2 Å². The molecule has 2 aromatic heterocycles. The van der Waals surface area contributed by atoms with Crippen LogP contribution in [0.4, 0.5) is 0 Å². The van der Waals surface area contributed by atoms with Gasteiger partial charge in [0.1, 0.15) is 0 Å². The van der Waals surface area contributed by atoms with Crippen molar-refractivity contribution >= 4 is 11.9 Å². The number of ether oxygens (including phenoxy) is 2. The van der Waals surface area contributed by atoms with Crippen LogP contribution in [-0.2, 0) is 16.5 Å². The summed E-state index contributed by atoms with van der Waals surface area (Å²) in [5.74, 6) is -0.645. The number of esters is 2. The van der Waals surface area contributed by atoms with Crippen LogP contribution in [0.5, 0.6) is 0 Å². The van der Waals surface area contributed by atoms with Gasteiger partial charge in [0, 0.05) is 31.8 Å². The first-order valence-corrected chi connectivity index (χ1v) is 7.77. The lowest BCUT2D eigenvalue weighted by Crippen LogP contribution is -2.00. The van der Waals surface area contributed by atoms with E-state index < -0.39 is 0 Å². The summed E-state index contributed by atoms with van der Waals surface area (Å²) < 4.78 is 11.0. The summed E-state index contributed by atoms with van der Waals surface area (Å²) >= 11 is 0. The second kappa shape index (κ2) is 12.0. The maximum Gasteiger partial charge on any atom is 0.339 e. The van der Waals surface area contributed by atoms with Gasteiger partial charge in [0.2, 0.25) is 0 Å². The Kier molecular flexibility index (Phi) is 9.54. The Morgan fingerprint density at radius 3 is 1.77 bits per heavy atom. The molecule has 0 aliphatic carbocycles. The van der Waals surface area contributed by atoms with Crippen molar-refractivity contribution in [3.05, 3.63) is 90.5 Å². The van der Waals surface area contributed by atoms with Crippen LogP contribution < -0.4 is 0 Å². The monoisotopic (exact) mass is 354 g/mol. The van der Waals surface area contributed by atoms with Crippen LogP contribution in [0.1, 0.15) is 20.7 Å². The zero-order valence-corrected chi connectivity index (χ0v) is 15.0. The normalized spacial score (nSPS) is 8.88. The predicted octanol–water partition coefficient (Wildman–Crippen LogP) is 3.37. The smallest absolute Gasteiger partial charge is 0.339 e. The lowest BCUT2D eigenvalue weighted by atomic mass is 10.2. The van der Waals surface area contributed by atoms with Crippen LogP contribution in [0.25, 0.3) is 0 Å². The molecule has 0 aliphatic rings. The fourth-order valence-corrected chi connectivity index (χ4v) is 1.71. The standard InChI is InChI=1S/C8H8O2.C7H7NO2.C5H7N/c1-10-8(9)7-5-3-2-4-6-7;1-10-7(9)6-3-2-4-8-5-6;1-6-4-2-3-5-6/h2-6H,1H3;2-5H,1H3;2-5H,1H3. The number of hydrogen-bond donors (Lipinski definition) is 0. The van der Waals surface area contributed by atoms with Gasteiger partial charge in [-0.15, -0.1) is 0 Å². The number of aryl methyl sites for hydroxylation is 1. The van der Waals surface area contributed by atoms with Crippen LogP contribution in [-0.4, -0.2) is 35.7 Å². The van der Waals surface area contributed by atoms with E-state index in [4.69, 9.17) is 0 Å². The van der Waals surface area contributed by atoms with Crippen molar-refractivity contribution in [1.82, 2.24) is 9.55 Å². The number of carbonyl (C=O) groups excluding carboxylic acids is 2. The van der Waals surface area contributed by atoms with Crippen LogP contribution in [0.15, 0.2) is 79.4 Å². The molecule has 0 aliphatic heterocycles. The topological polar surface area (TPSA) is 70.4 Å². The van der Waals surface area contributed by atoms with Crippen LogP contribution in [0, 0.1) is 0 Å². The highest BCUT2D eigenvalue weighted by molar-refractivity contribution is 5.89. The Labute approximate surface area is 153 Å². The molecule has 0 unspecified atom stereocenters. The first-order chi connectivity index (χ1) is 12.6. The van der Waals surface area contributed by atoms with Crippen molar-refractivity contribution in [2.45, 2.75) is 0 Å². The minimum Gasteiger partial charge on any atom is -0.465 e. The Bertz CT molecular complexity index is 706. The van der Waals surface area contributed by atoms with E-state index in [1.54, 1.807) is 42.6 Å². The molecule has 136 valence electrons. The number of aromatic nitrogens is 2. The van der Waals surface area contributed by atoms with Gasteiger partial charge in [-0.1, -0.05) is 18.2 Å². The van der Waals surface area contributed by atoms with Crippen molar-refractivity contribution in [2.24, 2.45) is 7.05 Å². The van der Waals surface area contributed by atoms with Gasteiger partial charge < -0.3 is 14.0 Å². The van der Waals surface area contributed by atoms with E-state index in [0.29, 0.717) is 11.1 Å². The van der Waals surface area contributed by atoms with E-state index in [2.05, 4.69) is 14.5 Å². The molecule has 0 bridgehead atoms. The van der Waals surface area contributed by atoms with Crippen molar-refractivity contribution in [1.29, 1.82) is 0 Å². The number of carbonyl (C=O) groups is 2. The minimum absolute atomic E-state index is 0.291. The summed E-state index contributed by atoms with van der Waals surface area (Å²) in [5, 5.41) is 0. The largest absolute Gasteiger partial charge is 0.465 e. The van der Waals surface area contributed by atoms with Crippen molar-refractivity contribution < 1.29 is 19.1 Å². The molecular weight excluding hydrogens is 332 g/mol. The van der Waals surface area contributed by atoms with Crippen molar-refractivity contribution in [3.63, 3.8) is 0 Å². The number of pyridine rings is 1. The number of methoxy groups -OCH3 is 2. The summed E-state index contributed by atoms with van der Waals surface area (Å²) in [5.41, 5.74) is 1.06.